The highest BCUT2D eigenvalue weighted by Gasteiger charge is 2.17. The number of rotatable bonds is 7. The minimum absolute atomic E-state index is 0.123. The summed E-state index contributed by atoms with van der Waals surface area (Å²) < 4.78 is 15.7. The molecular formula is C17H19NO5. The highest BCUT2D eigenvalue weighted by Crippen LogP contribution is 2.15. The molecule has 2 rings (SSSR count). The third kappa shape index (κ3) is 5.18. The summed E-state index contributed by atoms with van der Waals surface area (Å²) in [6.45, 7) is 3.47. The second-order valence-corrected chi connectivity index (χ2v) is 5.10. The van der Waals surface area contributed by atoms with Gasteiger partial charge in [0.15, 0.2) is 5.76 Å². The van der Waals surface area contributed by atoms with Crippen molar-refractivity contribution < 1.29 is 23.5 Å². The van der Waals surface area contributed by atoms with Gasteiger partial charge in [0.05, 0.1) is 12.4 Å². The molecule has 1 heterocycles. The molecule has 6 heteroatoms. The summed E-state index contributed by atoms with van der Waals surface area (Å²) >= 11 is 0. The van der Waals surface area contributed by atoms with E-state index in [1.54, 1.807) is 19.9 Å². The van der Waals surface area contributed by atoms with Gasteiger partial charge in [-0.05, 0) is 32.0 Å². The van der Waals surface area contributed by atoms with Gasteiger partial charge in [0.25, 0.3) is 5.91 Å². The molecule has 0 unspecified atom stereocenters. The van der Waals surface area contributed by atoms with E-state index in [9.17, 15) is 9.59 Å². The quantitative estimate of drug-likeness (QED) is 0.794. The van der Waals surface area contributed by atoms with Crippen LogP contribution in [0.2, 0.25) is 0 Å². The first kappa shape index (κ1) is 16.6. The molecule has 0 fully saturated rings. The van der Waals surface area contributed by atoms with Gasteiger partial charge >= 0.3 is 5.97 Å². The van der Waals surface area contributed by atoms with Crippen molar-refractivity contribution in [2.24, 2.45) is 0 Å². The van der Waals surface area contributed by atoms with E-state index in [0.29, 0.717) is 11.3 Å². The van der Waals surface area contributed by atoms with Gasteiger partial charge in [0.2, 0.25) is 0 Å². The van der Waals surface area contributed by atoms with Crippen molar-refractivity contribution in [3.05, 3.63) is 54.0 Å². The zero-order valence-electron chi connectivity index (χ0n) is 13.1. The molecule has 0 bridgehead atoms. The lowest BCUT2D eigenvalue weighted by atomic mass is 10.2. The molecule has 2 aromatic rings. The molecule has 1 N–H and O–H groups in total. The maximum Gasteiger partial charge on any atom is 0.325 e. The molecule has 0 saturated carbocycles. The average molecular weight is 317 g/mol. The lowest BCUT2D eigenvalue weighted by molar-refractivity contribution is -0.146. The van der Waals surface area contributed by atoms with Crippen LogP contribution in [0.3, 0.4) is 0 Å². The summed E-state index contributed by atoms with van der Waals surface area (Å²) in [4.78, 5) is 23.5. The van der Waals surface area contributed by atoms with Gasteiger partial charge in [-0.2, -0.15) is 0 Å². The van der Waals surface area contributed by atoms with Crippen LogP contribution in [-0.2, 0) is 16.1 Å². The van der Waals surface area contributed by atoms with Gasteiger partial charge in [-0.1, -0.05) is 18.2 Å². The maximum atomic E-state index is 12.1. The summed E-state index contributed by atoms with van der Waals surface area (Å²) in [5.41, 5.74) is 0.601. The van der Waals surface area contributed by atoms with E-state index < -0.39 is 11.9 Å². The summed E-state index contributed by atoms with van der Waals surface area (Å²) in [5, 5.41) is 2.47. The molecule has 0 atom stereocenters. The highest BCUT2D eigenvalue weighted by molar-refractivity contribution is 5.94. The van der Waals surface area contributed by atoms with Gasteiger partial charge < -0.3 is 19.2 Å². The number of benzene rings is 1. The van der Waals surface area contributed by atoms with Gasteiger partial charge in [-0.3, -0.25) is 9.59 Å². The summed E-state index contributed by atoms with van der Waals surface area (Å²) in [6.07, 6.45) is 1.18. The number of furan rings is 1. The molecule has 1 amide bonds. The molecule has 122 valence electrons. The Morgan fingerprint density at radius 2 is 1.91 bits per heavy atom. The second-order valence-electron chi connectivity index (χ2n) is 5.10. The number of amides is 1. The number of hydrogen-bond acceptors (Lipinski definition) is 5. The van der Waals surface area contributed by atoms with E-state index in [4.69, 9.17) is 13.9 Å². The summed E-state index contributed by atoms with van der Waals surface area (Å²) in [6, 6.07) is 10.9. The smallest absolute Gasteiger partial charge is 0.325 e. The lowest BCUT2D eigenvalue weighted by Gasteiger charge is -2.09. The van der Waals surface area contributed by atoms with Crippen LogP contribution in [0.25, 0.3) is 0 Å². The summed E-state index contributed by atoms with van der Waals surface area (Å²) in [7, 11) is 0. The first-order chi connectivity index (χ1) is 11.1. The number of carbonyl (C=O) groups excluding carboxylic acids is 2. The van der Waals surface area contributed by atoms with Crippen LogP contribution >= 0.6 is 0 Å². The van der Waals surface area contributed by atoms with Gasteiger partial charge in [0.1, 0.15) is 18.9 Å². The number of esters is 1. The minimum Gasteiger partial charge on any atom is -0.489 e. The number of hydrogen-bond donors (Lipinski definition) is 1. The fraction of sp³-hybridized carbons (Fsp3) is 0.294. The van der Waals surface area contributed by atoms with Crippen molar-refractivity contribution in [1.82, 2.24) is 5.32 Å². The van der Waals surface area contributed by atoms with Crippen molar-refractivity contribution in [3.63, 3.8) is 0 Å². The van der Waals surface area contributed by atoms with Gasteiger partial charge in [-0.15, -0.1) is 0 Å². The van der Waals surface area contributed by atoms with Gasteiger partial charge in [-0.25, -0.2) is 0 Å². The topological polar surface area (TPSA) is 77.8 Å². The van der Waals surface area contributed by atoms with Crippen molar-refractivity contribution in [2.45, 2.75) is 26.6 Å². The number of para-hydroxylation sites is 1. The van der Waals surface area contributed by atoms with E-state index in [1.807, 2.05) is 30.3 Å². The van der Waals surface area contributed by atoms with Crippen LogP contribution in [0.4, 0.5) is 0 Å². The van der Waals surface area contributed by atoms with Crippen LogP contribution in [0.15, 0.2) is 47.1 Å². The summed E-state index contributed by atoms with van der Waals surface area (Å²) in [5.74, 6) is -0.164. The van der Waals surface area contributed by atoms with E-state index in [2.05, 4.69) is 5.32 Å². The normalized spacial score (nSPS) is 10.4. The van der Waals surface area contributed by atoms with Crippen molar-refractivity contribution >= 4 is 11.9 Å². The molecule has 1 aromatic carbocycles. The van der Waals surface area contributed by atoms with Crippen LogP contribution in [-0.4, -0.2) is 24.5 Å². The third-order valence-electron chi connectivity index (χ3n) is 2.85. The zero-order valence-corrected chi connectivity index (χ0v) is 13.1. The molecule has 6 nitrogen and oxygen atoms in total. The van der Waals surface area contributed by atoms with Crippen LogP contribution < -0.4 is 10.1 Å². The van der Waals surface area contributed by atoms with Crippen molar-refractivity contribution in [3.8, 4) is 5.75 Å². The Morgan fingerprint density at radius 3 is 2.61 bits per heavy atom. The fourth-order valence-electron chi connectivity index (χ4n) is 1.86. The van der Waals surface area contributed by atoms with Crippen LogP contribution in [0.5, 0.6) is 5.75 Å². The van der Waals surface area contributed by atoms with Crippen LogP contribution in [0.1, 0.15) is 30.0 Å². The predicted molar refractivity (Wildman–Crippen MR) is 83.0 cm³/mol. The van der Waals surface area contributed by atoms with E-state index in [1.165, 1.54) is 6.26 Å². The fourth-order valence-corrected chi connectivity index (χ4v) is 1.86. The molecule has 0 aliphatic rings. The molecule has 0 radical (unpaired) electrons. The lowest BCUT2D eigenvalue weighted by Crippen LogP contribution is -2.32. The molecule has 0 spiro atoms. The predicted octanol–water partition coefficient (Wildman–Crippen LogP) is 2.54. The van der Waals surface area contributed by atoms with Gasteiger partial charge in [0, 0.05) is 5.56 Å². The minimum atomic E-state index is -0.498. The van der Waals surface area contributed by atoms with Crippen molar-refractivity contribution in [1.29, 1.82) is 0 Å². The Hall–Kier alpha value is -2.76. The number of ether oxygens (including phenoxy) is 2. The standard InChI is InChI=1S/C17H19NO5/c1-12(2)23-15(19)10-18-17(20)16-13(8-9-21-16)11-22-14-6-4-3-5-7-14/h3-9,12H,10-11H2,1-2H3,(H,18,20). The molecule has 23 heavy (non-hydrogen) atoms. The van der Waals surface area contributed by atoms with E-state index in [0.717, 1.165) is 0 Å². The molecule has 1 aromatic heterocycles. The molecule has 0 aliphatic heterocycles. The van der Waals surface area contributed by atoms with Crippen molar-refractivity contribution in [2.75, 3.05) is 6.54 Å². The number of nitrogens with one attached hydrogen (secondary N) is 1. The van der Waals surface area contributed by atoms with Crippen LogP contribution in [0, 0.1) is 0 Å². The zero-order chi connectivity index (χ0) is 16.7. The molecule has 0 aliphatic carbocycles. The largest absolute Gasteiger partial charge is 0.489 e. The second kappa shape index (κ2) is 8.03. The van der Waals surface area contributed by atoms with E-state index >= 15 is 0 Å². The molecular weight excluding hydrogens is 298 g/mol. The Bertz CT molecular complexity index is 648. The Kier molecular flexibility index (Phi) is 5.80. The molecule has 0 saturated heterocycles. The third-order valence-corrected chi connectivity index (χ3v) is 2.85. The number of carbonyl (C=O) groups is 2. The monoisotopic (exact) mass is 317 g/mol. The average Bonchev–Trinajstić information content (AvgIpc) is 2.99. The highest BCUT2D eigenvalue weighted by atomic mass is 16.5. The first-order valence-electron chi connectivity index (χ1n) is 7.28. The van der Waals surface area contributed by atoms with E-state index in [-0.39, 0.29) is 25.0 Å². The Balaban J connectivity index is 1.89. The SMILES string of the molecule is CC(C)OC(=O)CNC(=O)c1occc1COc1ccccc1. The first-order valence-corrected chi connectivity index (χ1v) is 7.28. The Morgan fingerprint density at radius 1 is 1.17 bits per heavy atom. The Labute approximate surface area is 134 Å². The maximum absolute atomic E-state index is 12.1.